The molecular formula is C14H10F2N4O2S. The molecule has 6 nitrogen and oxygen atoms in total. The van der Waals surface area contributed by atoms with Crippen molar-refractivity contribution in [3.8, 4) is 5.69 Å². The first kappa shape index (κ1) is 15.1. The quantitative estimate of drug-likeness (QED) is 0.793. The van der Waals surface area contributed by atoms with Crippen LogP contribution < -0.4 is 4.72 Å². The van der Waals surface area contributed by atoms with E-state index in [0.717, 1.165) is 18.2 Å². The highest BCUT2D eigenvalue weighted by Crippen LogP contribution is 2.21. The van der Waals surface area contributed by atoms with Gasteiger partial charge < -0.3 is 0 Å². The second-order valence-corrected chi connectivity index (χ2v) is 6.28. The third-order valence-electron chi connectivity index (χ3n) is 3.04. The van der Waals surface area contributed by atoms with Crippen LogP contribution in [0.3, 0.4) is 0 Å². The predicted molar refractivity (Wildman–Crippen MR) is 78.5 cm³/mol. The third kappa shape index (κ3) is 3.19. The summed E-state index contributed by atoms with van der Waals surface area (Å²) in [4.78, 5) is -0.0852. The summed E-state index contributed by atoms with van der Waals surface area (Å²) in [5, 5.41) is 7.30. The van der Waals surface area contributed by atoms with Crippen LogP contribution in [0.2, 0.25) is 0 Å². The van der Waals surface area contributed by atoms with Gasteiger partial charge >= 0.3 is 0 Å². The number of halogens is 2. The summed E-state index contributed by atoms with van der Waals surface area (Å²) < 4.78 is 54.8. The summed E-state index contributed by atoms with van der Waals surface area (Å²) in [7, 11) is -4.04. The van der Waals surface area contributed by atoms with Crippen molar-refractivity contribution in [3.05, 3.63) is 66.8 Å². The van der Waals surface area contributed by atoms with E-state index in [9.17, 15) is 17.2 Å². The Morgan fingerprint density at radius 3 is 2.26 bits per heavy atom. The van der Waals surface area contributed by atoms with Crippen LogP contribution in [0.4, 0.5) is 14.5 Å². The largest absolute Gasteiger partial charge is 0.288 e. The van der Waals surface area contributed by atoms with Crippen LogP contribution in [0.1, 0.15) is 0 Å². The van der Waals surface area contributed by atoms with Crippen LogP contribution in [-0.4, -0.2) is 23.2 Å². The summed E-state index contributed by atoms with van der Waals surface area (Å²) in [5.41, 5.74) is 0.207. The van der Waals surface area contributed by atoms with Crippen molar-refractivity contribution >= 4 is 15.7 Å². The van der Waals surface area contributed by atoms with E-state index in [0.29, 0.717) is 5.69 Å². The van der Waals surface area contributed by atoms with Crippen molar-refractivity contribution in [1.29, 1.82) is 0 Å². The molecule has 0 aliphatic carbocycles. The zero-order valence-corrected chi connectivity index (χ0v) is 12.3. The number of nitrogens with one attached hydrogen (secondary N) is 1. The number of sulfonamides is 1. The molecular weight excluding hydrogens is 326 g/mol. The molecule has 0 saturated heterocycles. The van der Waals surface area contributed by atoms with Crippen LogP contribution >= 0.6 is 0 Å². The molecule has 118 valence electrons. The van der Waals surface area contributed by atoms with Crippen molar-refractivity contribution in [2.45, 2.75) is 4.90 Å². The molecule has 1 aromatic heterocycles. The predicted octanol–water partition coefficient (Wildman–Crippen LogP) is 2.35. The van der Waals surface area contributed by atoms with Crippen LogP contribution in [0.15, 0.2) is 60.0 Å². The Morgan fingerprint density at radius 2 is 1.61 bits per heavy atom. The maximum Gasteiger partial charge on any atom is 0.261 e. The summed E-state index contributed by atoms with van der Waals surface area (Å²) in [5.74, 6) is -1.61. The van der Waals surface area contributed by atoms with Crippen LogP contribution in [0, 0.1) is 11.6 Å². The molecule has 0 aliphatic rings. The summed E-state index contributed by atoms with van der Waals surface area (Å²) in [6, 6.07) is 8.30. The minimum atomic E-state index is -4.04. The highest BCUT2D eigenvalue weighted by atomic mass is 32.2. The Bertz CT molecular complexity index is 926. The van der Waals surface area contributed by atoms with E-state index in [-0.39, 0.29) is 4.90 Å². The van der Waals surface area contributed by atoms with E-state index in [1.807, 2.05) is 4.72 Å². The van der Waals surface area contributed by atoms with Gasteiger partial charge in [0, 0.05) is 11.8 Å². The first-order valence-corrected chi connectivity index (χ1v) is 7.87. The molecule has 3 rings (SSSR count). The lowest BCUT2D eigenvalue weighted by molar-refractivity contribution is 0.594. The normalized spacial score (nSPS) is 11.4. The Balaban J connectivity index is 1.89. The number of aromatic nitrogens is 3. The summed E-state index contributed by atoms with van der Waals surface area (Å²) in [6.45, 7) is 0. The van der Waals surface area contributed by atoms with Crippen molar-refractivity contribution in [2.75, 3.05) is 4.72 Å². The molecule has 0 aliphatic heterocycles. The highest BCUT2D eigenvalue weighted by molar-refractivity contribution is 7.92. The fourth-order valence-electron chi connectivity index (χ4n) is 1.91. The average molecular weight is 336 g/mol. The van der Waals surface area contributed by atoms with Gasteiger partial charge in [-0.3, -0.25) is 9.29 Å². The smallest absolute Gasteiger partial charge is 0.261 e. The van der Waals surface area contributed by atoms with Gasteiger partial charge in [-0.05, 0) is 36.4 Å². The molecule has 0 bridgehead atoms. The Kier molecular flexibility index (Phi) is 3.78. The summed E-state index contributed by atoms with van der Waals surface area (Å²) >= 11 is 0. The lowest BCUT2D eigenvalue weighted by atomic mass is 10.3. The van der Waals surface area contributed by atoms with E-state index in [4.69, 9.17) is 0 Å². The standard InChI is InChI=1S/C14H10F2N4O2S/c15-10-1-6-13(16)14(7-10)19-23(21,22)12-4-2-11(3-5-12)20-8-17-18-9-20/h1-9,19H. The second-order valence-electron chi connectivity index (χ2n) is 4.59. The molecule has 0 fully saturated rings. The molecule has 9 heteroatoms. The molecule has 0 radical (unpaired) electrons. The molecule has 0 atom stereocenters. The number of hydrogen-bond donors (Lipinski definition) is 1. The second kappa shape index (κ2) is 5.76. The monoisotopic (exact) mass is 336 g/mol. The minimum Gasteiger partial charge on any atom is -0.288 e. The number of nitrogens with zero attached hydrogens (tertiary/aromatic N) is 3. The number of anilines is 1. The molecule has 3 aromatic rings. The maximum atomic E-state index is 13.6. The van der Waals surface area contributed by atoms with Gasteiger partial charge in [-0.25, -0.2) is 17.2 Å². The molecule has 0 spiro atoms. The molecule has 1 N–H and O–H groups in total. The van der Waals surface area contributed by atoms with E-state index >= 15 is 0 Å². The van der Waals surface area contributed by atoms with Gasteiger partial charge in [0.1, 0.15) is 24.3 Å². The molecule has 0 saturated carbocycles. The van der Waals surface area contributed by atoms with E-state index < -0.39 is 27.3 Å². The average Bonchev–Trinajstić information content (AvgIpc) is 3.05. The van der Waals surface area contributed by atoms with Gasteiger partial charge in [0.2, 0.25) is 0 Å². The Labute approximate surface area is 130 Å². The van der Waals surface area contributed by atoms with Gasteiger partial charge in [-0.2, -0.15) is 0 Å². The fourth-order valence-corrected chi connectivity index (χ4v) is 2.97. The first-order valence-electron chi connectivity index (χ1n) is 6.39. The topological polar surface area (TPSA) is 76.9 Å². The van der Waals surface area contributed by atoms with Gasteiger partial charge in [0.25, 0.3) is 10.0 Å². The van der Waals surface area contributed by atoms with Crippen molar-refractivity contribution in [2.24, 2.45) is 0 Å². The van der Waals surface area contributed by atoms with Crippen LogP contribution in [0.25, 0.3) is 5.69 Å². The SMILES string of the molecule is O=S(=O)(Nc1cc(F)ccc1F)c1ccc(-n2cnnc2)cc1. The van der Waals surface area contributed by atoms with Crippen molar-refractivity contribution < 1.29 is 17.2 Å². The van der Waals surface area contributed by atoms with Crippen molar-refractivity contribution in [1.82, 2.24) is 14.8 Å². The van der Waals surface area contributed by atoms with E-state index in [1.165, 1.54) is 24.8 Å². The number of benzene rings is 2. The zero-order valence-electron chi connectivity index (χ0n) is 11.5. The van der Waals surface area contributed by atoms with Crippen molar-refractivity contribution in [3.63, 3.8) is 0 Å². The van der Waals surface area contributed by atoms with E-state index in [2.05, 4.69) is 10.2 Å². The number of rotatable bonds is 4. The van der Waals surface area contributed by atoms with E-state index in [1.54, 1.807) is 16.7 Å². The Morgan fingerprint density at radius 1 is 0.957 bits per heavy atom. The van der Waals surface area contributed by atoms with Gasteiger partial charge in [0.05, 0.1) is 10.6 Å². The third-order valence-corrected chi connectivity index (χ3v) is 4.42. The maximum absolute atomic E-state index is 13.6. The summed E-state index contributed by atoms with van der Waals surface area (Å²) in [6.07, 6.45) is 2.92. The highest BCUT2D eigenvalue weighted by Gasteiger charge is 2.17. The lowest BCUT2D eigenvalue weighted by Crippen LogP contribution is -2.14. The number of hydrogen-bond acceptors (Lipinski definition) is 4. The molecule has 0 amide bonds. The van der Waals surface area contributed by atoms with Gasteiger partial charge in [0.15, 0.2) is 0 Å². The molecule has 1 heterocycles. The Hall–Kier alpha value is -2.81. The van der Waals surface area contributed by atoms with Crippen LogP contribution in [-0.2, 0) is 10.0 Å². The minimum absolute atomic E-state index is 0.0852. The lowest BCUT2D eigenvalue weighted by Gasteiger charge is -2.10. The van der Waals surface area contributed by atoms with Gasteiger partial charge in [-0.15, -0.1) is 10.2 Å². The van der Waals surface area contributed by atoms with Crippen LogP contribution in [0.5, 0.6) is 0 Å². The molecule has 0 unspecified atom stereocenters. The molecule has 23 heavy (non-hydrogen) atoms. The fraction of sp³-hybridized carbons (Fsp3) is 0. The first-order chi connectivity index (χ1) is 11.0. The molecule has 2 aromatic carbocycles. The van der Waals surface area contributed by atoms with Gasteiger partial charge in [-0.1, -0.05) is 0 Å². The zero-order chi connectivity index (χ0) is 16.4.